The molecule has 0 bridgehead atoms. The second-order valence-corrected chi connectivity index (χ2v) is 3.90. The SMILES string of the molecule is CCOC(=O)C(N)Cc1cc(C(=O)OC)n(C)c1. The summed E-state index contributed by atoms with van der Waals surface area (Å²) in [5, 5.41) is 0. The lowest BCUT2D eigenvalue weighted by Crippen LogP contribution is -2.34. The van der Waals surface area contributed by atoms with E-state index in [0.717, 1.165) is 5.56 Å². The van der Waals surface area contributed by atoms with Crippen LogP contribution in [0.4, 0.5) is 0 Å². The molecule has 1 heterocycles. The molecule has 0 radical (unpaired) electrons. The molecule has 0 saturated carbocycles. The minimum atomic E-state index is -0.724. The highest BCUT2D eigenvalue weighted by molar-refractivity contribution is 5.88. The van der Waals surface area contributed by atoms with E-state index < -0.39 is 18.0 Å². The van der Waals surface area contributed by atoms with Gasteiger partial charge in [0, 0.05) is 13.2 Å². The molecule has 1 unspecified atom stereocenters. The van der Waals surface area contributed by atoms with Crippen LogP contribution in [0.25, 0.3) is 0 Å². The third-order valence-corrected chi connectivity index (χ3v) is 2.50. The van der Waals surface area contributed by atoms with Crippen LogP contribution in [0, 0.1) is 0 Å². The lowest BCUT2D eigenvalue weighted by Gasteiger charge is -2.08. The van der Waals surface area contributed by atoms with E-state index in [0.29, 0.717) is 18.7 Å². The van der Waals surface area contributed by atoms with E-state index >= 15 is 0 Å². The molecule has 1 rings (SSSR count). The van der Waals surface area contributed by atoms with E-state index in [1.165, 1.54) is 7.11 Å². The molecule has 0 amide bonds. The zero-order chi connectivity index (χ0) is 13.7. The monoisotopic (exact) mass is 254 g/mol. The maximum absolute atomic E-state index is 11.4. The Kier molecular flexibility index (Phi) is 4.91. The number of carbonyl (C=O) groups is 2. The van der Waals surface area contributed by atoms with Crippen molar-refractivity contribution in [3.63, 3.8) is 0 Å². The predicted octanol–water partition coefficient (Wildman–Crippen LogP) is 0.245. The van der Waals surface area contributed by atoms with Crippen LogP contribution in [0.15, 0.2) is 12.3 Å². The van der Waals surface area contributed by atoms with E-state index in [2.05, 4.69) is 4.74 Å². The van der Waals surface area contributed by atoms with Crippen LogP contribution >= 0.6 is 0 Å². The van der Waals surface area contributed by atoms with Crippen LogP contribution in [-0.2, 0) is 27.7 Å². The van der Waals surface area contributed by atoms with Gasteiger partial charge in [-0.25, -0.2) is 4.79 Å². The normalized spacial score (nSPS) is 12.0. The molecule has 0 aliphatic rings. The summed E-state index contributed by atoms with van der Waals surface area (Å²) >= 11 is 0. The van der Waals surface area contributed by atoms with Crippen LogP contribution < -0.4 is 5.73 Å². The molecule has 0 spiro atoms. The van der Waals surface area contributed by atoms with Gasteiger partial charge in [0.05, 0.1) is 13.7 Å². The first-order chi connectivity index (χ1) is 8.49. The second-order valence-electron chi connectivity index (χ2n) is 3.90. The summed E-state index contributed by atoms with van der Waals surface area (Å²) in [6.45, 7) is 2.03. The van der Waals surface area contributed by atoms with Gasteiger partial charge in [0.2, 0.25) is 0 Å². The molecular weight excluding hydrogens is 236 g/mol. The fourth-order valence-corrected chi connectivity index (χ4v) is 1.64. The number of esters is 2. The van der Waals surface area contributed by atoms with E-state index in [1.54, 1.807) is 30.8 Å². The van der Waals surface area contributed by atoms with Crippen molar-refractivity contribution < 1.29 is 19.1 Å². The van der Waals surface area contributed by atoms with Crippen molar-refractivity contribution in [3.05, 3.63) is 23.5 Å². The highest BCUT2D eigenvalue weighted by Gasteiger charge is 2.18. The number of methoxy groups -OCH3 is 1. The van der Waals surface area contributed by atoms with Crippen molar-refractivity contribution in [1.29, 1.82) is 0 Å². The average Bonchev–Trinajstić information content (AvgIpc) is 2.69. The van der Waals surface area contributed by atoms with Gasteiger partial charge in [0.15, 0.2) is 0 Å². The number of ether oxygens (including phenoxy) is 2. The Labute approximate surface area is 106 Å². The predicted molar refractivity (Wildman–Crippen MR) is 65.1 cm³/mol. The number of rotatable bonds is 5. The number of hydrogen-bond acceptors (Lipinski definition) is 5. The first kappa shape index (κ1) is 14.2. The lowest BCUT2D eigenvalue weighted by molar-refractivity contribution is -0.144. The van der Waals surface area contributed by atoms with Gasteiger partial charge in [0.25, 0.3) is 0 Å². The Morgan fingerprint density at radius 3 is 2.72 bits per heavy atom. The lowest BCUT2D eigenvalue weighted by atomic mass is 10.1. The maximum atomic E-state index is 11.4. The van der Waals surface area contributed by atoms with Crippen molar-refractivity contribution in [1.82, 2.24) is 4.57 Å². The summed E-state index contributed by atoms with van der Waals surface area (Å²) in [4.78, 5) is 22.8. The number of aryl methyl sites for hydroxylation is 1. The summed E-state index contributed by atoms with van der Waals surface area (Å²) < 4.78 is 11.1. The third kappa shape index (κ3) is 3.33. The number of aromatic nitrogens is 1. The molecule has 2 N–H and O–H groups in total. The van der Waals surface area contributed by atoms with Crippen molar-refractivity contribution in [3.8, 4) is 0 Å². The Balaban J connectivity index is 2.74. The fraction of sp³-hybridized carbons (Fsp3) is 0.500. The smallest absolute Gasteiger partial charge is 0.354 e. The van der Waals surface area contributed by atoms with E-state index in [4.69, 9.17) is 10.5 Å². The molecular formula is C12H18N2O4. The molecule has 18 heavy (non-hydrogen) atoms. The molecule has 6 heteroatoms. The van der Waals surface area contributed by atoms with Crippen LogP contribution in [0.5, 0.6) is 0 Å². The molecule has 100 valence electrons. The zero-order valence-corrected chi connectivity index (χ0v) is 10.8. The Hall–Kier alpha value is -1.82. The van der Waals surface area contributed by atoms with Crippen molar-refractivity contribution in [2.45, 2.75) is 19.4 Å². The fourth-order valence-electron chi connectivity index (χ4n) is 1.64. The van der Waals surface area contributed by atoms with E-state index in [9.17, 15) is 9.59 Å². The van der Waals surface area contributed by atoms with Gasteiger partial charge >= 0.3 is 11.9 Å². The van der Waals surface area contributed by atoms with Gasteiger partial charge in [-0.15, -0.1) is 0 Å². The Morgan fingerprint density at radius 2 is 2.17 bits per heavy atom. The zero-order valence-electron chi connectivity index (χ0n) is 10.8. The topological polar surface area (TPSA) is 83.6 Å². The Bertz CT molecular complexity index is 439. The van der Waals surface area contributed by atoms with Gasteiger partial charge in [-0.3, -0.25) is 4.79 Å². The van der Waals surface area contributed by atoms with Crippen LogP contribution in [0.2, 0.25) is 0 Å². The molecule has 6 nitrogen and oxygen atoms in total. The van der Waals surface area contributed by atoms with Crippen molar-refractivity contribution in [2.24, 2.45) is 12.8 Å². The molecule has 1 aromatic heterocycles. The van der Waals surface area contributed by atoms with Crippen molar-refractivity contribution in [2.75, 3.05) is 13.7 Å². The summed E-state index contributed by atoms with van der Waals surface area (Å²) in [6, 6.07) is 0.933. The molecule has 0 aliphatic heterocycles. The van der Waals surface area contributed by atoms with Gasteiger partial charge in [-0.2, -0.15) is 0 Å². The molecule has 0 aliphatic carbocycles. The van der Waals surface area contributed by atoms with Crippen LogP contribution in [-0.4, -0.2) is 36.3 Å². The Morgan fingerprint density at radius 1 is 1.50 bits per heavy atom. The molecule has 0 fully saturated rings. The summed E-state index contributed by atoms with van der Waals surface area (Å²) in [7, 11) is 3.05. The van der Waals surface area contributed by atoms with Crippen LogP contribution in [0.3, 0.4) is 0 Å². The molecule has 1 atom stereocenters. The largest absolute Gasteiger partial charge is 0.465 e. The molecule has 1 aromatic rings. The van der Waals surface area contributed by atoms with E-state index in [-0.39, 0.29) is 0 Å². The quantitative estimate of drug-likeness (QED) is 0.761. The maximum Gasteiger partial charge on any atom is 0.354 e. The van der Waals surface area contributed by atoms with Gasteiger partial charge in [-0.05, 0) is 25.0 Å². The molecule has 0 aromatic carbocycles. The number of nitrogens with zero attached hydrogens (tertiary/aromatic N) is 1. The number of nitrogens with two attached hydrogens (primary N) is 1. The molecule has 0 saturated heterocycles. The number of hydrogen-bond donors (Lipinski definition) is 1. The third-order valence-electron chi connectivity index (χ3n) is 2.50. The number of carbonyl (C=O) groups excluding carboxylic acids is 2. The van der Waals surface area contributed by atoms with Crippen molar-refractivity contribution >= 4 is 11.9 Å². The second kappa shape index (κ2) is 6.20. The first-order valence-electron chi connectivity index (χ1n) is 5.65. The van der Waals surface area contributed by atoms with Crippen LogP contribution in [0.1, 0.15) is 23.0 Å². The average molecular weight is 254 g/mol. The highest BCUT2D eigenvalue weighted by Crippen LogP contribution is 2.10. The minimum absolute atomic E-state index is 0.300. The highest BCUT2D eigenvalue weighted by atomic mass is 16.5. The van der Waals surface area contributed by atoms with Gasteiger partial charge < -0.3 is 19.8 Å². The van der Waals surface area contributed by atoms with Gasteiger partial charge in [0.1, 0.15) is 11.7 Å². The summed E-state index contributed by atoms with van der Waals surface area (Å²) in [6.07, 6.45) is 2.06. The minimum Gasteiger partial charge on any atom is -0.465 e. The summed E-state index contributed by atoms with van der Waals surface area (Å²) in [5.74, 6) is -0.866. The van der Waals surface area contributed by atoms with E-state index in [1.807, 2.05) is 0 Å². The first-order valence-corrected chi connectivity index (χ1v) is 5.65. The standard InChI is InChI=1S/C12H18N2O4/c1-4-18-11(15)9(13)5-8-6-10(12(16)17-3)14(2)7-8/h6-7,9H,4-5,13H2,1-3H3. The van der Waals surface area contributed by atoms with Gasteiger partial charge in [-0.1, -0.05) is 0 Å². The summed E-state index contributed by atoms with van der Waals surface area (Å²) in [5.41, 5.74) is 6.91.